The number of nitrogens with zero attached hydrogens (tertiary/aromatic N) is 2. The topological polar surface area (TPSA) is 72.9 Å². The van der Waals surface area contributed by atoms with Gasteiger partial charge in [-0.05, 0) is 7.05 Å². The molecule has 3 N–H and O–H groups in total. The van der Waals surface area contributed by atoms with Crippen LogP contribution in [0.2, 0.25) is 0 Å². The number of primary amides is 1. The Balaban J connectivity index is 2.78. The van der Waals surface area contributed by atoms with E-state index < -0.39 is 0 Å². The maximum absolute atomic E-state index is 10.7. The zero-order valence-corrected chi connectivity index (χ0v) is 7.82. The molecule has 5 nitrogen and oxygen atoms in total. The Bertz CT molecular complexity index is 294. The smallest absolute Gasteiger partial charge is 0.219 e. The summed E-state index contributed by atoms with van der Waals surface area (Å²) in [6.45, 7) is 0. The van der Waals surface area contributed by atoms with Gasteiger partial charge in [-0.1, -0.05) is 0 Å². The van der Waals surface area contributed by atoms with Crippen molar-refractivity contribution in [3.05, 3.63) is 18.2 Å². The highest BCUT2D eigenvalue weighted by molar-refractivity contribution is 5.74. The SMILES string of the molecule is CNC(CC(N)=O)c1cncn1C. The molecule has 0 aliphatic rings. The van der Waals surface area contributed by atoms with Crippen LogP contribution >= 0.6 is 0 Å². The van der Waals surface area contributed by atoms with Crippen LogP contribution in [0.3, 0.4) is 0 Å². The number of aryl methyl sites for hydroxylation is 1. The highest BCUT2D eigenvalue weighted by Gasteiger charge is 2.14. The van der Waals surface area contributed by atoms with Gasteiger partial charge in [0.2, 0.25) is 5.91 Å². The van der Waals surface area contributed by atoms with Crippen molar-refractivity contribution in [2.24, 2.45) is 12.8 Å². The molecule has 0 aromatic carbocycles. The van der Waals surface area contributed by atoms with E-state index in [0.29, 0.717) is 0 Å². The van der Waals surface area contributed by atoms with Crippen LogP contribution in [0, 0.1) is 0 Å². The molecule has 72 valence electrons. The van der Waals surface area contributed by atoms with E-state index in [2.05, 4.69) is 10.3 Å². The van der Waals surface area contributed by atoms with Gasteiger partial charge in [-0.25, -0.2) is 4.98 Å². The molecule has 1 unspecified atom stereocenters. The van der Waals surface area contributed by atoms with Crippen LogP contribution in [0.4, 0.5) is 0 Å². The number of imidazole rings is 1. The van der Waals surface area contributed by atoms with Crippen molar-refractivity contribution in [3.8, 4) is 0 Å². The van der Waals surface area contributed by atoms with Gasteiger partial charge in [0.1, 0.15) is 0 Å². The molecular formula is C8H14N4O. The molecule has 0 saturated heterocycles. The summed E-state index contributed by atoms with van der Waals surface area (Å²) in [6.07, 6.45) is 3.71. The van der Waals surface area contributed by atoms with E-state index in [-0.39, 0.29) is 18.4 Å². The predicted octanol–water partition coefficient (Wildman–Crippen LogP) is -0.444. The summed E-state index contributed by atoms with van der Waals surface area (Å²) in [7, 11) is 3.67. The van der Waals surface area contributed by atoms with Crippen molar-refractivity contribution in [3.63, 3.8) is 0 Å². The fourth-order valence-electron chi connectivity index (χ4n) is 1.26. The van der Waals surface area contributed by atoms with Gasteiger partial charge < -0.3 is 15.6 Å². The lowest BCUT2D eigenvalue weighted by atomic mass is 10.1. The van der Waals surface area contributed by atoms with Crippen molar-refractivity contribution >= 4 is 5.91 Å². The van der Waals surface area contributed by atoms with Crippen LogP contribution in [0.25, 0.3) is 0 Å². The second-order valence-electron chi connectivity index (χ2n) is 2.94. The van der Waals surface area contributed by atoms with Gasteiger partial charge in [0.15, 0.2) is 0 Å². The summed E-state index contributed by atoms with van der Waals surface area (Å²) in [5.74, 6) is -0.319. The molecule has 1 aromatic heterocycles. The summed E-state index contributed by atoms with van der Waals surface area (Å²) in [4.78, 5) is 14.7. The first-order chi connectivity index (χ1) is 6.15. The third-order valence-corrected chi connectivity index (χ3v) is 1.96. The number of nitrogens with one attached hydrogen (secondary N) is 1. The summed E-state index contributed by atoms with van der Waals surface area (Å²) >= 11 is 0. The predicted molar refractivity (Wildman–Crippen MR) is 48.8 cm³/mol. The lowest BCUT2D eigenvalue weighted by molar-refractivity contribution is -0.118. The van der Waals surface area contributed by atoms with Crippen LogP contribution < -0.4 is 11.1 Å². The number of hydrogen-bond donors (Lipinski definition) is 2. The summed E-state index contributed by atoms with van der Waals surface area (Å²) < 4.78 is 1.87. The van der Waals surface area contributed by atoms with Crippen molar-refractivity contribution < 1.29 is 4.79 Å². The van der Waals surface area contributed by atoms with Crippen LogP contribution in [-0.2, 0) is 11.8 Å². The quantitative estimate of drug-likeness (QED) is 0.662. The zero-order valence-electron chi connectivity index (χ0n) is 7.82. The third-order valence-electron chi connectivity index (χ3n) is 1.96. The molecule has 1 amide bonds. The van der Waals surface area contributed by atoms with Gasteiger partial charge in [-0.2, -0.15) is 0 Å². The Labute approximate surface area is 76.9 Å². The normalized spacial score (nSPS) is 12.8. The van der Waals surface area contributed by atoms with E-state index in [1.807, 2.05) is 11.6 Å². The van der Waals surface area contributed by atoms with Crippen molar-refractivity contribution in [1.29, 1.82) is 0 Å². The number of carbonyl (C=O) groups is 1. The Kier molecular flexibility index (Phi) is 3.02. The maximum atomic E-state index is 10.7. The van der Waals surface area contributed by atoms with E-state index in [1.165, 1.54) is 0 Å². The largest absolute Gasteiger partial charge is 0.370 e. The van der Waals surface area contributed by atoms with Gasteiger partial charge in [0.25, 0.3) is 0 Å². The standard InChI is InChI=1S/C8H14N4O/c1-10-6(3-8(9)13)7-4-11-5-12(7)2/h4-6,10H,3H2,1-2H3,(H2,9,13). The molecule has 5 heteroatoms. The lowest BCUT2D eigenvalue weighted by Gasteiger charge is -2.14. The Morgan fingerprint density at radius 3 is 2.92 bits per heavy atom. The van der Waals surface area contributed by atoms with Gasteiger partial charge in [0, 0.05) is 19.7 Å². The second kappa shape index (κ2) is 4.04. The van der Waals surface area contributed by atoms with Gasteiger partial charge >= 0.3 is 0 Å². The first-order valence-corrected chi connectivity index (χ1v) is 4.07. The monoisotopic (exact) mass is 182 g/mol. The van der Waals surface area contributed by atoms with E-state index in [9.17, 15) is 4.79 Å². The first kappa shape index (κ1) is 9.73. The molecule has 1 heterocycles. The van der Waals surface area contributed by atoms with Crippen LogP contribution in [0.15, 0.2) is 12.5 Å². The average Bonchev–Trinajstić information content (AvgIpc) is 2.47. The molecule has 0 fully saturated rings. The molecule has 0 aliphatic carbocycles. The highest BCUT2D eigenvalue weighted by Crippen LogP contribution is 2.13. The number of rotatable bonds is 4. The van der Waals surface area contributed by atoms with Gasteiger partial charge in [0.05, 0.1) is 18.1 Å². The van der Waals surface area contributed by atoms with E-state index >= 15 is 0 Å². The third kappa shape index (κ3) is 2.29. The summed E-state index contributed by atoms with van der Waals surface area (Å²) in [5.41, 5.74) is 6.08. The average molecular weight is 182 g/mol. The highest BCUT2D eigenvalue weighted by atomic mass is 16.1. The van der Waals surface area contributed by atoms with Crippen molar-refractivity contribution in [1.82, 2.24) is 14.9 Å². The minimum Gasteiger partial charge on any atom is -0.370 e. The van der Waals surface area contributed by atoms with Gasteiger partial charge in [-0.3, -0.25) is 4.79 Å². The van der Waals surface area contributed by atoms with E-state index in [0.717, 1.165) is 5.69 Å². The van der Waals surface area contributed by atoms with Crippen molar-refractivity contribution in [2.45, 2.75) is 12.5 Å². The van der Waals surface area contributed by atoms with E-state index in [4.69, 9.17) is 5.73 Å². The Morgan fingerprint density at radius 2 is 2.54 bits per heavy atom. The summed E-state index contributed by atoms with van der Waals surface area (Å²) in [5, 5.41) is 3.01. The molecule has 1 aromatic rings. The fraction of sp³-hybridized carbons (Fsp3) is 0.500. The van der Waals surface area contributed by atoms with Crippen molar-refractivity contribution in [2.75, 3.05) is 7.05 Å². The Hall–Kier alpha value is -1.36. The number of carbonyl (C=O) groups excluding carboxylic acids is 1. The minimum atomic E-state index is -0.319. The molecule has 1 atom stereocenters. The summed E-state index contributed by atoms with van der Waals surface area (Å²) in [6, 6.07) is -0.0509. The molecule has 0 radical (unpaired) electrons. The number of hydrogen-bond acceptors (Lipinski definition) is 3. The Morgan fingerprint density at radius 1 is 1.85 bits per heavy atom. The maximum Gasteiger partial charge on any atom is 0.219 e. The molecule has 0 aliphatic heterocycles. The first-order valence-electron chi connectivity index (χ1n) is 4.07. The minimum absolute atomic E-state index is 0.0509. The second-order valence-corrected chi connectivity index (χ2v) is 2.94. The van der Waals surface area contributed by atoms with E-state index in [1.54, 1.807) is 19.6 Å². The van der Waals surface area contributed by atoms with Gasteiger partial charge in [-0.15, -0.1) is 0 Å². The zero-order chi connectivity index (χ0) is 9.84. The fourth-order valence-corrected chi connectivity index (χ4v) is 1.26. The molecule has 0 saturated carbocycles. The number of amides is 1. The number of nitrogens with two attached hydrogens (primary N) is 1. The van der Waals surface area contributed by atoms with Crippen LogP contribution in [0.1, 0.15) is 18.2 Å². The molecule has 0 spiro atoms. The van der Waals surface area contributed by atoms with Crippen LogP contribution in [-0.4, -0.2) is 22.5 Å². The molecule has 0 bridgehead atoms. The molecule has 1 rings (SSSR count). The van der Waals surface area contributed by atoms with Crippen LogP contribution in [0.5, 0.6) is 0 Å². The number of aromatic nitrogens is 2. The molecule has 13 heavy (non-hydrogen) atoms. The lowest BCUT2D eigenvalue weighted by Crippen LogP contribution is -2.25. The molecular weight excluding hydrogens is 168 g/mol.